The fourth-order valence-corrected chi connectivity index (χ4v) is 6.62. The third-order valence-electron chi connectivity index (χ3n) is 8.56. The van der Waals surface area contributed by atoms with Crippen molar-refractivity contribution in [3.05, 3.63) is 127 Å². The summed E-state index contributed by atoms with van der Waals surface area (Å²) in [6, 6.07) is 37.1. The van der Waals surface area contributed by atoms with Crippen LogP contribution in [0.5, 0.6) is 0 Å². The van der Waals surface area contributed by atoms with Gasteiger partial charge in [0.05, 0.1) is 22.4 Å². The van der Waals surface area contributed by atoms with Crippen molar-refractivity contribution in [2.75, 3.05) is 0 Å². The van der Waals surface area contributed by atoms with Crippen LogP contribution in [0.15, 0.2) is 108 Å². The molecule has 0 bridgehead atoms. The predicted molar refractivity (Wildman–Crippen MR) is 170 cm³/mol. The van der Waals surface area contributed by atoms with Gasteiger partial charge in [-0.15, -0.1) is 54.1 Å². The molecule has 4 heterocycles. The van der Waals surface area contributed by atoms with E-state index in [9.17, 15) is 0 Å². The third-order valence-corrected chi connectivity index (χ3v) is 8.56. The molecule has 1 aliphatic heterocycles. The predicted octanol–water partition coefficient (Wildman–Crippen LogP) is 9.63. The molecule has 9 rings (SSSR count). The number of rotatable bonds is 3. The summed E-state index contributed by atoms with van der Waals surface area (Å²) in [7, 11) is 0. The topological polar surface area (TPSA) is 43.9 Å². The molecule has 0 amide bonds. The molecule has 4 nitrogen and oxygen atoms in total. The van der Waals surface area contributed by atoms with E-state index in [-0.39, 0.29) is 20.1 Å². The first-order valence-electron chi connectivity index (χ1n) is 14.8. The Hall–Kier alpha value is -4.31. The van der Waals surface area contributed by atoms with E-state index in [0.717, 1.165) is 62.6 Å². The Morgan fingerprint density at radius 1 is 0.814 bits per heavy atom. The molecule has 1 radical (unpaired) electrons. The SMILES string of the molecule is [Ir].[c-]1ccc2c(oc3ccccc32)c1-c1ccccn1.[c-]1ccccc1-c1nc2ccc(C3CCCC3)c3c2n1CC=C3. The molecular weight excluding hydrogens is 707 g/mol. The number of imidazole rings is 1. The third kappa shape index (κ3) is 4.93. The van der Waals surface area contributed by atoms with Crippen molar-refractivity contribution in [1.29, 1.82) is 0 Å². The Balaban J connectivity index is 0.000000139. The number of nitrogens with zero attached hydrogens (tertiary/aromatic N) is 3. The van der Waals surface area contributed by atoms with Gasteiger partial charge in [-0.2, -0.15) is 0 Å². The van der Waals surface area contributed by atoms with Gasteiger partial charge in [0.25, 0.3) is 0 Å². The molecule has 5 heteroatoms. The minimum Gasteiger partial charge on any atom is -0.501 e. The first-order chi connectivity index (χ1) is 20.8. The van der Waals surface area contributed by atoms with Crippen molar-refractivity contribution < 1.29 is 24.5 Å². The van der Waals surface area contributed by atoms with Gasteiger partial charge in [-0.1, -0.05) is 72.3 Å². The molecule has 1 saturated carbocycles. The van der Waals surface area contributed by atoms with Crippen LogP contribution in [0, 0.1) is 12.1 Å². The molecule has 1 fully saturated rings. The molecule has 0 spiro atoms. The van der Waals surface area contributed by atoms with Crippen LogP contribution in [0.4, 0.5) is 0 Å². The van der Waals surface area contributed by atoms with Gasteiger partial charge in [0.2, 0.25) is 0 Å². The summed E-state index contributed by atoms with van der Waals surface area (Å²) in [6.45, 7) is 0.898. The number of furan rings is 1. The maximum atomic E-state index is 5.97. The average Bonchev–Trinajstić information content (AvgIpc) is 3.81. The largest absolute Gasteiger partial charge is 0.501 e. The maximum Gasteiger partial charge on any atom is 0.120 e. The zero-order chi connectivity index (χ0) is 27.9. The summed E-state index contributed by atoms with van der Waals surface area (Å²) >= 11 is 0. The second kappa shape index (κ2) is 11.8. The van der Waals surface area contributed by atoms with Crippen molar-refractivity contribution in [3.63, 3.8) is 0 Å². The Morgan fingerprint density at radius 2 is 1.67 bits per heavy atom. The molecule has 2 aliphatic rings. The number of aromatic nitrogens is 3. The summed E-state index contributed by atoms with van der Waals surface area (Å²) in [4.78, 5) is 9.29. The average molecular weight is 736 g/mol. The fourth-order valence-electron chi connectivity index (χ4n) is 6.62. The molecular formula is C38H29IrN3O-2. The monoisotopic (exact) mass is 736 g/mol. The molecule has 43 heavy (non-hydrogen) atoms. The molecule has 3 aromatic heterocycles. The van der Waals surface area contributed by atoms with Crippen LogP contribution in [0.25, 0.3) is 61.7 Å². The standard InChI is InChI=1S/C21H19N2.C17H10NO.Ir/c1-2-9-16(10-3-1)21-22-19-13-12-17(15-7-4-5-8-15)18-11-6-14-23(21)20(18)19;1-2-10-16-12(6-1)13-7-5-8-14(17(13)19-16)15-9-3-4-11-18-15;/h1-3,6,9,11-13,15H,4-5,7-8,14H2;1-7,9-11H;/q2*-1;. The number of benzene rings is 4. The van der Waals surface area contributed by atoms with Crippen molar-refractivity contribution in [3.8, 4) is 22.6 Å². The summed E-state index contributed by atoms with van der Waals surface area (Å²) < 4.78 is 8.32. The second-order valence-electron chi connectivity index (χ2n) is 11.1. The van der Waals surface area contributed by atoms with Crippen LogP contribution >= 0.6 is 0 Å². The summed E-state index contributed by atoms with van der Waals surface area (Å²) in [6.07, 6.45) is 11.8. The molecule has 1 aliphatic carbocycles. The van der Waals surface area contributed by atoms with Crippen LogP contribution in [0.2, 0.25) is 0 Å². The number of pyridine rings is 1. The smallest absolute Gasteiger partial charge is 0.120 e. The van der Waals surface area contributed by atoms with E-state index in [1.807, 2.05) is 60.7 Å². The van der Waals surface area contributed by atoms with Crippen LogP contribution < -0.4 is 0 Å². The van der Waals surface area contributed by atoms with E-state index in [1.54, 1.807) is 6.20 Å². The van der Waals surface area contributed by atoms with Gasteiger partial charge >= 0.3 is 0 Å². The maximum absolute atomic E-state index is 5.97. The van der Waals surface area contributed by atoms with Crippen molar-refractivity contribution in [2.45, 2.75) is 38.1 Å². The van der Waals surface area contributed by atoms with E-state index in [4.69, 9.17) is 9.40 Å². The molecule has 0 unspecified atom stereocenters. The van der Waals surface area contributed by atoms with E-state index in [2.05, 4.69) is 64.2 Å². The number of para-hydroxylation sites is 1. The van der Waals surface area contributed by atoms with Gasteiger partial charge in [0.15, 0.2) is 0 Å². The van der Waals surface area contributed by atoms with Gasteiger partial charge in [-0.25, -0.2) is 0 Å². The van der Waals surface area contributed by atoms with Gasteiger partial charge < -0.3 is 14.0 Å². The quantitative estimate of drug-likeness (QED) is 0.170. The summed E-state index contributed by atoms with van der Waals surface area (Å²) in [5.74, 6) is 1.77. The minimum atomic E-state index is 0. The van der Waals surface area contributed by atoms with Gasteiger partial charge in [0.1, 0.15) is 5.58 Å². The molecule has 7 aromatic rings. The summed E-state index contributed by atoms with van der Waals surface area (Å²) in [5, 5.41) is 2.23. The molecule has 0 saturated heterocycles. The molecule has 0 atom stereocenters. The van der Waals surface area contributed by atoms with Crippen LogP contribution in [0.3, 0.4) is 0 Å². The van der Waals surface area contributed by atoms with Crippen molar-refractivity contribution >= 4 is 39.0 Å². The zero-order valence-electron chi connectivity index (χ0n) is 23.6. The number of allylic oxidation sites excluding steroid dienone is 1. The number of hydrogen-bond donors (Lipinski definition) is 0. The summed E-state index contributed by atoms with van der Waals surface area (Å²) in [5.41, 5.74) is 9.96. The Kier molecular flexibility index (Phi) is 7.52. The molecule has 4 aromatic carbocycles. The molecule has 213 valence electrons. The van der Waals surface area contributed by atoms with E-state index in [0.29, 0.717) is 0 Å². The Morgan fingerprint density at radius 3 is 2.51 bits per heavy atom. The normalized spacial score (nSPS) is 14.1. The fraction of sp³-hybridized carbons (Fsp3) is 0.158. The molecule has 0 N–H and O–H groups in total. The first kappa shape index (κ1) is 27.5. The number of hydrogen-bond acceptors (Lipinski definition) is 3. The Labute approximate surface area is 264 Å². The van der Waals surface area contributed by atoms with Crippen molar-refractivity contribution in [2.24, 2.45) is 0 Å². The van der Waals surface area contributed by atoms with E-state index >= 15 is 0 Å². The number of fused-ring (bicyclic) bond motifs is 3. The van der Waals surface area contributed by atoms with Gasteiger partial charge in [-0.05, 0) is 48.2 Å². The van der Waals surface area contributed by atoms with E-state index < -0.39 is 0 Å². The van der Waals surface area contributed by atoms with Crippen molar-refractivity contribution in [1.82, 2.24) is 14.5 Å². The zero-order valence-corrected chi connectivity index (χ0v) is 26.0. The van der Waals surface area contributed by atoms with Crippen LogP contribution in [-0.4, -0.2) is 14.5 Å². The van der Waals surface area contributed by atoms with E-state index in [1.165, 1.54) is 42.3 Å². The Bertz CT molecular complexity index is 2070. The van der Waals surface area contributed by atoms with Gasteiger partial charge in [-0.3, -0.25) is 4.98 Å². The van der Waals surface area contributed by atoms with Gasteiger partial charge in [0, 0.05) is 43.8 Å². The van der Waals surface area contributed by atoms with Crippen LogP contribution in [-0.2, 0) is 26.7 Å². The minimum absolute atomic E-state index is 0. The van der Waals surface area contributed by atoms with Crippen LogP contribution in [0.1, 0.15) is 42.7 Å². The first-order valence-corrected chi connectivity index (χ1v) is 14.8. The second-order valence-corrected chi connectivity index (χ2v) is 11.1.